The predicted molar refractivity (Wildman–Crippen MR) is 140 cm³/mol. The Morgan fingerprint density at radius 1 is 1.00 bits per heavy atom. The van der Waals surface area contributed by atoms with Gasteiger partial charge in [-0.05, 0) is 81.3 Å². The fraction of sp³-hybridized carbons (Fsp3) is 0.345. The molecule has 0 spiro atoms. The molecule has 0 amide bonds. The van der Waals surface area contributed by atoms with Crippen molar-refractivity contribution >= 4 is 21.7 Å². The van der Waals surface area contributed by atoms with Gasteiger partial charge in [-0.3, -0.25) is 9.10 Å². The third-order valence-corrected chi connectivity index (χ3v) is 8.64. The third kappa shape index (κ3) is 5.88. The van der Waals surface area contributed by atoms with Gasteiger partial charge in [-0.2, -0.15) is 13.2 Å². The van der Waals surface area contributed by atoms with Crippen molar-refractivity contribution in [3.05, 3.63) is 77.9 Å². The number of carbonyl (C=O) groups excluding carboxylic acids is 1. The highest BCUT2D eigenvalue weighted by atomic mass is 32.2. The fourth-order valence-corrected chi connectivity index (χ4v) is 6.37. The number of hydrogen-bond acceptors (Lipinski definition) is 5. The highest BCUT2D eigenvalue weighted by molar-refractivity contribution is 7.92. The standard InChI is InChI=1S/C29H26F5NO5S/c1-28(2,3)40-27(36)22-14-21(22)26-15-35(41(37,38)19-6-4-5-17(12-19)29(32,33)34)24-11-16(7-10-25(24)39-26)20-13-18(30)8-9-23(20)31/h4-13,21-22,26H,14-15H2,1-3H3/t21-,22-,26?/m1/s1. The van der Waals surface area contributed by atoms with E-state index in [9.17, 15) is 35.2 Å². The van der Waals surface area contributed by atoms with Crippen LogP contribution in [0.4, 0.5) is 27.6 Å². The van der Waals surface area contributed by atoms with Crippen molar-refractivity contribution in [3.8, 4) is 16.9 Å². The summed E-state index contributed by atoms with van der Waals surface area (Å²) in [6.45, 7) is 4.83. The molecule has 0 N–H and O–H groups in total. The minimum atomic E-state index is -4.78. The summed E-state index contributed by atoms with van der Waals surface area (Å²) in [6.07, 6.45) is -5.23. The molecule has 3 aromatic rings. The summed E-state index contributed by atoms with van der Waals surface area (Å²) in [6, 6.07) is 10.2. The van der Waals surface area contributed by atoms with Gasteiger partial charge >= 0.3 is 12.1 Å². The lowest BCUT2D eigenvalue weighted by Gasteiger charge is -2.36. The number of ether oxygens (including phenoxy) is 2. The summed E-state index contributed by atoms with van der Waals surface area (Å²) in [4.78, 5) is 12.0. The molecule has 3 atom stereocenters. The first-order valence-corrected chi connectivity index (χ1v) is 14.2. The average Bonchev–Trinajstić information content (AvgIpc) is 3.69. The Kier molecular flexibility index (Phi) is 7.04. The number of alkyl halides is 3. The van der Waals surface area contributed by atoms with Crippen molar-refractivity contribution in [2.45, 2.75) is 50.0 Å². The van der Waals surface area contributed by atoms with Crippen LogP contribution < -0.4 is 9.04 Å². The van der Waals surface area contributed by atoms with E-state index in [0.717, 1.165) is 40.7 Å². The Labute approximate surface area is 233 Å². The Hall–Kier alpha value is -3.67. The van der Waals surface area contributed by atoms with E-state index in [0.29, 0.717) is 12.5 Å². The molecule has 41 heavy (non-hydrogen) atoms. The van der Waals surface area contributed by atoms with Gasteiger partial charge in [0.1, 0.15) is 29.1 Å². The summed E-state index contributed by atoms with van der Waals surface area (Å²) in [7, 11) is -4.61. The first kappa shape index (κ1) is 28.8. The van der Waals surface area contributed by atoms with Gasteiger partial charge in [0.15, 0.2) is 0 Å². The molecular formula is C29H26F5NO5S. The molecule has 0 aromatic heterocycles. The molecule has 1 aliphatic heterocycles. The molecule has 2 aliphatic rings. The number of hydrogen-bond donors (Lipinski definition) is 0. The van der Waals surface area contributed by atoms with Crippen molar-refractivity contribution in [1.29, 1.82) is 0 Å². The highest BCUT2D eigenvalue weighted by Gasteiger charge is 2.53. The van der Waals surface area contributed by atoms with Crippen molar-refractivity contribution in [2.24, 2.45) is 11.8 Å². The number of nitrogens with zero attached hydrogens (tertiary/aromatic N) is 1. The van der Waals surface area contributed by atoms with E-state index >= 15 is 0 Å². The van der Waals surface area contributed by atoms with Crippen LogP contribution in [0.5, 0.6) is 5.75 Å². The third-order valence-electron chi connectivity index (χ3n) is 6.87. The number of rotatable bonds is 5. The Bertz CT molecular complexity index is 1620. The van der Waals surface area contributed by atoms with E-state index in [-0.39, 0.29) is 29.1 Å². The minimum absolute atomic E-state index is 0.0608. The zero-order chi connectivity index (χ0) is 29.9. The molecular weight excluding hydrogens is 569 g/mol. The number of carbonyl (C=O) groups is 1. The quantitative estimate of drug-likeness (QED) is 0.246. The lowest BCUT2D eigenvalue weighted by molar-refractivity contribution is -0.157. The van der Waals surface area contributed by atoms with Crippen LogP contribution in [0.25, 0.3) is 11.1 Å². The van der Waals surface area contributed by atoms with E-state index in [1.54, 1.807) is 20.8 Å². The minimum Gasteiger partial charge on any atom is -0.486 e. The zero-order valence-corrected chi connectivity index (χ0v) is 23.0. The van der Waals surface area contributed by atoms with Gasteiger partial charge in [-0.15, -0.1) is 0 Å². The second-order valence-corrected chi connectivity index (χ2v) is 12.9. The largest absolute Gasteiger partial charge is 0.486 e. The number of fused-ring (bicyclic) bond motifs is 1. The van der Waals surface area contributed by atoms with Gasteiger partial charge in [0.05, 0.1) is 28.6 Å². The number of anilines is 1. The van der Waals surface area contributed by atoms with E-state index < -0.39 is 67.8 Å². The lowest BCUT2D eigenvalue weighted by Crippen LogP contribution is -2.45. The van der Waals surface area contributed by atoms with Crippen LogP contribution in [-0.4, -0.2) is 32.6 Å². The van der Waals surface area contributed by atoms with E-state index in [1.807, 2.05) is 0 Å². The molecule has 0 bridgehead atoms. The van der Waals surface area contributed by atoms with E-state index in [1.165, 1.54) is 18.2 Å². The summed E-state index contributed by atoms with van der Waals surface area (Å²) in [5.74, 6) is -2.82. The maximum absolute atomic E-state index is 14.6. The summed E-state index contributed by atoms with van der Waals surface area (Å²) >= 11 is 0. The predicted octanol–water partition coefficient (Wildman–Crippen LogP) is 6.58. The number of sulfonamides is 1. The lowest BCUT2D eigenvalue weighted by atomic mass is 10.0. The molecule has 0 saturated heterocycles. The SMILES string of the molecule is CC(C)(C)OC(=O)[C@@H]1C[C@H]1C1CN(S(=O)(=O)c2cccc(C(F)(F)F)c2)c2cc(-c3cc(F)ccc3F)ccc2O1. The van der Waals surface area contributed by atoms with Gasteiger partial charge in [-0.1, -0.05) is 12.1 Å². The second-order valence-electron chi connectivity index (χ2n) is 11.1. The van der Waals surface area contributed by atoms with Crippen LogP contribution in [0.1, 0.15) is 32.8 Å². The Morgan fingerprint density at radius 2 is 1.73 bits per heavy atom. The van der Waals surface area contributed by atoms with Gasteiger partial charge in [0.2, 0.25) is 0 Å². The molecule has 5 rings (SSSR count). The average molecular weight is 596 g/mol. The van der Waals surface area contributed by atoms with Crippen molar-refractivity contribution in [3.63, 3.8) is 0 Å². The molecule has 218 valence electrons. The summed E-state index contributed by atoms with van der Waals surface area (Å²) in [5.41, 5.74) is -1.95. The van der Waals surface area contributed by atoms with Crippen molar-refractivity contribution < 1.29 is 44.6 Å². The van der Waals surface area contributed by atoms with Crippen LogP contribution in [0.15, 0.2) is 65.6 Å². The normalized spacial score (nSPS) is 20.7. The number of halogens is 5. The van der Waals surface area contributed by atoms with Crippen molar-refractivity contribution in [1.82, 2.24) is 0 Å². The van der Waals surface area contributed by atoms with Crippen LogP contribution in [0, 0.1) is 23.5 Å². The molecule has 1 fully saturated rings. The molecule has 1 unspecified atom stereocenters. The fourth-order valence-electron chi connectivity index (χ4n) is 4.84. The van der Waals surface area contributed by atoms with Gasteiger partial charge < -0.3 is 9.47 Å². The second kappa shape index (κ2) is 10.0. The first-order chi connectivity index (χ1) is 19.0. The number of benzene rings is 3. The molecule has 1 saturated carbocycles. The molecule has 6 nitrogen and oxygen atoms in total. The Balaban J connectivity index is 1.56. The maximum Gasteiger partial charge on any atom is 0.416 e. The Morgan fingerprint density at radius 3 is 2.41 bits per heavy atom. The number of esters is 1. The van der Waals surface area contributed by atoms with Crippen LogP contribution in [-0.2, 0) is 25.7 Å². The van der Waals surface area contributed by atoms with E-state index in [4.69, 9.17) is 9.47 Å². The monoisotopic (exact) mass is 595 g/mol. The summed E-state index contributed by atoms with van der Waals surface area (Å²) < 4.78 is 109. The van der Waals surface area contributed by atoms with Crippen LogP contribution >= 0.6 is 0 Å². The summed E-state index contributed by atoms with van der Waals surface area (Å²) in [5, 5.41) is 0. The van der Waals surface area contributed by atoms with Gasteiger partial charge in [0, 0.05) is 11.5 Å². The van der Waals surface area contributed by atoms with E-state index in [2.05, 4.69) is 0 Å². The first-order valence-electron chi connectivity index (χ1n) is 12.7. The molecule has 3 aromatic carbocycles. The van der Waals surface area contributed by atoms with Crippen LogP contribution in [0.3, 0.4) is 0 Å². The molecule has 1 aliphatic carbocycles. The topological polar surface area (TPSA) is 72.9 Å². The zero-order valence-electron chi connectivity index (χ0n) is 22.2. The molecule has 0 radical (unpaired) electrons. The smallest absolute Gasteiger partial charge is 0.416 e. The maximum atomic E-state index is 14.6. The van der Waals surface area contributed by atoms with Gasteiger partial charge in [0.25, 0.3) is 10.0 Å². The van der Waals surface area contributed by atoms with Crippen LogP contribution in [0.2, 0.25) is 0 Å². The van der Waals surface area contributed by atoms with Gasteiger partial charge in [-0.25, -0.2) is 17.2 Å². The molecule has 1 heterocycles. The molecule has 12 heteroatoms. The highest BCUT2D eigenvalue weighted by Crippen LogP contribution is 2.49. The van der Waals surface area contributed by atoms with Crippen molar-refractivity contribution in [2.75, 3.05) is 10.8 Å².